The highest BCUT2D eigenvalue weighted by molar-refractivity contribution is 7.91. The molecule has 1 N–H and O–H groups in total. The summed E-state index contributed by atoms with van der Waals surface area (Å²) in [4.78, 5) is 17.2. The Kier molecular flexibility index (Phi) is 6.57. The lowest BCUT2D eigenvalue weighted by Gasteiger charge is -2.32. The van der Waals surface area contributed by atoms with Gasteiger partial charge >= 0.3 is 0 Å². The summed E-state index contributed by atoms with van der Waals surface area (Å²) in [5.74, 6) is -2.91. The number of halogens is 4. The number of nitrogens with one attached hydrogen (secondary N) is 1. The molecule has 0 atom stereocenters. The number of benzene rings is 2. The van der Waals surface area contributed by atoms with Crippen LogP contribution < -0.4 is 5.32 Å². The van der Waals surface area contributed by atoms with E-state index in [-0.39, 0.29) is 41.7 Å². The smallest absolute Gasteiger partial charge is 0.249 e. The van der Waals surface area contributed by atoms with Gasteiger partial charge in [-0.3, -0.25) is 4.79 Å². The van der Waals surface area contributed by atoms with Crippen LogP contribution in [0.15, 0.2) is 45.8 Å². The molecule has 0 bridgehead atoms. The quantitative estimate of drug-likeness (QED) is 0.360. The zero-order valence-electron chi connectivity index (χ0n) is 19.7. The second kappa shape index (κ2) is 9.32. The van der Waals surface area contributed by atoms with Crippen LogP contribution in [-0.2, 0) is 26.5 Å². The van der Waals surface area contributed by atoms with Gasteiger partial charge in [0.1, 0.15) is 0 Å². The number of carbonyl (C=O) groups excluding carboxylic acids is 1. The maximum absolute atomic E-state index is 13.2. The molecule has 7 nitrogen and oxygen atoms in total. The molecule has 1 aromatic heterocycles. The molecule has 2 aliphatic carbocycles. The van der Waals surface area contributed by atoms with E-state index in [9.17, 15) is 22.0 Å². The van der Waals surface area contributed by atoms with Crippen LogP contribution in [0, 0.1) is 0 Å². The average Bonchev–Trinajstić information content (AvgIpc) is 3.44. The molecule has 0 radical (unpaired) electrons. The Bertz CT molecular complexity index is 1440. The fraction of sp³-hybridized carbons (Fsp3) is 0.400. The van der Waals surface area contributed by atoms with Crippen molar-refractivity contribution in [3.05, 3.63) is 69.3 Å². The van der Waals surface area contributed by atoms with E-state index >= 15 is 0 Å². The molecule has 2 fully saturated rings. The Hall–Kier alpha value is -2.56. The molecule has 1 heterocycles. The largest absolute Gasteiger partial charge is 0.339 e. The second-order valence-corrected chi connectivity index (χ2v) is 12.7. The molecule has 0 saturated heterocycles. The molecule has 0 unspecified atom stereocenters. The number of nitrogens with zero attached hydrogens (tertiary/aromatic N) is 2. The summed E-state index contributed by atoms with van der Waals surface area (Å²) in [6.45, 7) is 1.57. The fourth-order valence-corrected chi connectivity index (χ4v) is 6.35. The molecule has 3 aromatic rings. The van der Waals surface area contributed by atoms with Gasteiger partial charge < -0.3 is 9.84 Å². The van der Waals surface area contributed by atoms with Gasteiger partial charge in [-0.2, -0.15) is 4.98 Å². The highest BCUT2D eigenvalue weighted by Crippen LogP contribution is 2.57. The van der Waals surface area contributed by atoms with Gasteiger partial charge in [-0.25, -0.2) is 17.2 Å². The van der Waals surface area contributed by atoms with Gasteiger partial charge in [0.15, 0.2) is 15.7 Å². The van der Waals surface area contributed by atoms with Gasteiger partial charge in [-0.05, 0) is 42.7 Å². The third-order valence-corrected chi connectivity index (χ3v) is 9.24. The van der Waals surface area contributed by atoms with Crippen molar-refractivity contribution in [1.82, 2.24) is 10.1 Å². The Morgan fingerprint density at radius 2 is 1.76 bits per heavy atom. The number of aromatic nitrogens is 2. The lowest BCUT2D eigenvalue weighted by molar-refractivity contribution is -0.115. The lowest BCUT2D eigenvalue weighted by atomic mass is 9.81. The van der Waals surface area contributed by atoms with Crippen molar-refractivity contribution in [2.75, 3.05) is 11.1 Å². The van der Waals surface area contributed by atoms with E-state index in [0.717, 1.165) is 0 Å². The van der Waals surface area contributed by atoms with Gasteiger partial charge in [-0.15, -0.1) is 0 Å². The third kappa shape index (κ3) is 5.11. The first-order chi connectivity index (χ1) is 17.4. The normalized spacial score (nSPS) is 18.3. The lowest BCUT2D eigenvalue weighted by Crippen LogP contribution is -2.33. The van der Waals surface area contributed by atoms with Crippen molar-refractivity contribution in [2.24, 2.45) is 0 Å². The number of anilines is 1. The number of sulfone groups is 1. The van der Waals surface area contributed by atoms with Crippen LogP contribution in [0.4, 0.5) is 14.5 Å². The fourth-order valence-electron chi connectivity index (χ4n) is 4.62. The predicted molar refractivity (Wildman–Crippen MR) is 134 cm³/mol. The first-order valence-electron chi connectivity index (χ1n) is 11.8. The van der Waals surface area contributed by atoms with Crippen LogP contribution in [0.2, 0.25) is 10.0 Å². The Balaban J connectivity index is 1.29. The molecule has 2 aromatic carbocycles. The SMILES string of the molecule is CCS(=O)(=O)c1ccc(CC(=O)Nc2cc(Cl)c(C3(c4noc(C5CC(F)(F)C5)n4)CC3)c(Cl)c2)cc1. The van der Waals surface area contributed by atoms with E-state index in [2.05, 4.69) is 15.5 Å². The molecule has 1 amide bonds. The summed E-state index contributed by atoms with van der Waals surface area (Å²) in [5.41, 5.74) is 0.990. The molecule has 12 heteroatoms. The van der Waals surface area contributed by atoms with Crippen LogP contribution >= 0.6 is 23.2 Å². The number of carbonyl (C=O) groups is 1. The Labute approximate surface area is 222 Å². The van der Waals surface area contributed by atoms with E-state index < -0.39 is 27.1 Å². The molecule has 5 rings (SSSR count). The molecule has 0 aliphatic heterocycles. The molecule has 37 heavy (non-hydrogen) atoms. The van der Waals surface area contributed by atoms with E-state index in [1.807, 2.05) is 0 Å². The number of hydrogen-bond donors (Lipinski definition) is 1. The van der Waals surface area contributed by atoms with Gasteiger partial charge in [0.2, 0.25) is 17.7 Å². The minimum Gasteiger partial charge on any atom is -0.339 e. The summed E-state index contributed by atoms with van der Waals surface area (Å²) in [6.07, 6.45) is 0.752. The molecule has 0 spiro atoms. The number of alkyl halides is 2. The Morgan fingerprint density at radius 1 is 1.14 bits per heavy atom. The zero-order valence-corrected chi connectivity index (χ0v) is 22.1. The van der Waals surface area contributed by atoms with Gasteiger partial charge in [0.25, 0.3) is 0 Å². The van der Waals surface area contributed by atoms with Crippen molar-refractivity contribution in [3.63, 3.8) is 0 Å². The molecular formula is C25H23Cl2F2N3O4S. The number of rotatable bonds is 8. The van der Waals surface area contributed by atoms with Crippen LogP contribution in [0.5, 0.6) is 0 Å². The average molecular weight is 570 g/mol. The topological polar surface area (TPSA) is 102 Å². The van der Waals surface area contributed by atoms with Crippen molar-refractivity contribution in [2.45, 2.75) is 61.2 Å². The number of hydrogen-bond acceptors (Lipinski definition) is 6. The number of amides is 1. The summed E-state index contributed by atoms with van der Waals surface area (Å²) in [6, 6.07) is 9.35. The van der Waals surface area contributed by atoms with E-state index in [4.69, 9.17) is 27.7 Å². The second-order valence-electron chi connectivity index (χ2n) is 9.59. The van der Waals surface area contributed by atoms with Crippen molar-refractivity contribution < 1.29 is 26.5 Å². The minimum absolute atomic E-state index is 0.00104. The van der Waals surface area contributed by atoms with E-state index in [1.165, 1.54) is 12.1 Å². The highest BCUT2D eigenvalue weighted by atomic mass is 35.5. The predicted octanol–water partition coefficient (Wildman–Crippen LogP) is 5.94. The molecular weight excluding hydrogens is 547 g/mol. The molecule has 196 valence electrons. The van der Waals surface area contributed by atoms with E-state index in [1.54, 1.807) is 31.2 Å². The maximum atomic E-state index is 13.2. The van der Waals surface area contributed by atoms with Crippen LogP contribution in [0.1, 0.15) is 61.4 Å². The molecule has 2 aliphatic rings. The standard InChI is InChI=1S/C25H23Cl2F2N3O4S/c1-2-37(34,35)17-5-3-14(4-6-17)9-20(33)30-16-10-18(26)21(19(27)11-16)24(7-8-24)23-31-22(36-32-23)15-12-25(28,29)13-15/h3-6,10-11,15H,2,7-9,12-13H2,1H3,(H,30,33). The van der Waals surface area contributed by atoms with Gasteiger partial charge in [0, 0.05) is 40.1 Å². The summed E-state index contributed by atoms with van der Waals surface area (Å²) >= 11 is 13.2. The van der Waals surface area contributed by atoms with Crippen LogP contribution in [0.25, 0.3) is 0 Å². The van der Waals surface area contributed by atoms with Crippen molar-refractivity contribution >= 4 is 44.6 Å². The van der Waals surface area contributed by atoms with Gasteiger partial charge in [-0.1, -0.05) is 47.4 Å². The Morgan fingerprint density at radius 3 is 2.30 bits per heavy atom. The highest BCUT2D eigenvalue weighted by Gasteiger charge is 2.54. The summed E-state index contributed by atoms with van der Waals surface area (Å²) < 4.78 is 55.7. The first kappa shape index (κ1) is 26.1. The van der Waals surface area contributed by atoms with Crippen molar-refractivity contribution in [3.8, 4) is 0 Å². The third-order valence-electron chi connectivity index (χ3n) is 6.89. The monoisotopic (exact) mass is 569 g/mol. The zero-order chi connectivity index (χ0) is 26.6. The minimum atomic E-state index is -3.31. The maximum Gasteiger partial charge on any atom is 0.249 e. The van der Waals surface area contributed by atoms with Crippen LogP contribution in [0.3, 0.4) is 0 Å². The summed E-state index contributed by atoms with van der Waals surface area (Å²) in [7, 11) is -3.31. The summed E-state index contributed by atoms with van der Waals surface area (Å²) in [5, 5.41) is 7.44. The van der Waals surface area contributed by atoms with Crippen molar-refractivity contribution in [1.29, 1.82) is 0 Å². The van der Waals surface area contributed by atoms with Gasteiger partial charge in [0.05, 0.1) is 22.5 Å². The van der Waals surface area contributed by atoms with E-state index in [0.29, 0.717) is 45.5 Å². The molecule has 2 saturated carbocycles. The first-order valence-corrected chi connectivity index (χ1v) is 14.2. The van der Waals surface area contributed by atoms with Crippen LogP contribution in [-0.4, -0.2) is 36.1 Å².